The van der Waals surface area contributed by atoms with Gasteiger partial charge in [-0.1, -0.05) is 6.42 Å². The van der Waals surface area contributed by atoms with Gasteiger partial charge in [0.2, 0.25) is 0 Å². The highest BCUT2D eigenvalue weighted by Crippen LogP contribution is 2.18. The molecule has 0 saturated carbocycles. The summed E-state index contributed by atoms with van der Waals surface area (Å²) in [5.74, 6) is -1.17. The lowest BCUT2D eigenvalue weighted by atomic mass is 10.0. The van der Waals surface area contributed by atoms with Crippen LogP contribution in [0.3, 0.4) is 0 Å². The van der Waals surface area contributed by atoms with E-state index in [1.54, 1.807) is 0 Å². The van der Waals surface area contributed by atoms with Gasteiger partial charge >= 0.3 is 0 Å². The van der Waals surface area contributed by atoms with Crippen molar-refractivity contribution in [1.82, 2.24) is 0 Å². The standard InChI is InChI=1S/C11H16F2N2/c12-9-5-8(6-10(13)7-9)11(15)3-1-2-4-14/h5-7,11H,1-4,14-15H2/t11-/m1/s1. The van der Waals surface area contributed by atoms with Gasteiger partial charge in [0.1, 0.15) is 11.6 Å². The Labute approximate surface area is 88.3 Å². The molecule has 0 heterocycles. The van der Waals surface area contributed by atoms with Crippen molar-refractivity contribution >= 4 is 0 Å². The molecule has 0 spiro atoms. The maximum Gasteiger partial charge on any atom is 0.126 e. The molecule has 4 heteroatoms. The molecule has 1 aromatic carbocycles. The predicted molar refractivity (Wildman–Crippen MR) is 56.2 cm³/mol. The number of hydrogen-bond donors (Lipinski definition) is 2. The largest absolute Gasteiger partial charge is 0.330 e. The van der Waals surface area contributed by atoms with Gasteiger partial charge in [-0.05, 0) is 37.1 Å². The van der Waals surface area contributed by atoms with Gasteiger partial charge in [0.05, 0.1) is 0 Å². The predicted octanol–water partition coefficient (Wildman–Crippen LogP) is 2.09. The summed E-state index contributed by atoms with van der Waals surface area (Å²) in [4.78, 5) is 0. The van der Waals surface area contributed by atoms with Crippen LogP contribution < -0.4 is 11.5 Å². The van der Waals surface area contributed by atoms with Gasteiger partial charge in [-0.3, -0.25) is 0 Å². The number of hydrogen-bond acceptors (Lipinski definition) is 2. The molecule has 1 aromatic rings. The summed E-state index contributed by atoms with van der Waals surface area (Å²) in [7, 11) is 0. The third-order valence-electron chi connectivity index (χ3n) is 2.28. The van der Waals surface area contributed by atoms with E-state index in [-0.39, 0.29) is 6.04 Å². The number of nitrogens with two attached hydrogens (primary N) is 2. The summed E-state index contributed by atoms with van der Waals surface area (Å²) in [6.45, 7) is 0.615. The van der Waals surface area contributed by atoms with Gasteiger partial charge in [-0.2, -0.15) is 0 Å². The molecule has 4 N–H and O–H groups in total. The van der Waals surface area contributed by atoms with Crippen LogP contribution in [-0.2, 0) is 0 Å². The Morgan fingerprint density at radius 3 is 2.20 bits per heavy atom. The van der Waals surface area contributed by atoms with Gasteiger partial charge in [0.15, 0.2) is 0 Å². The molecule has 0 bridgehead atoms. The van der Waals surface area contributed by atoms with E-state index >= 15 is 0 Å². The summed E-state index contributed by atoms with van der Waals surface area (Å²) in [5, 5.41) is 0. The summed E-state index contributed by atoms with van der Waals surface area (Å²) < 4.78 is 25.7. The van der Waals surface area contributed by atoms with Crippen LogP contribution in [-0.4, -0.2) is 6.54 Å². The van der Waals surface area contributed by atoms with Crippen LogP contribution in [0.1, 0.15) is 30.9 Å². The molecule has 0 fully saturated rings. The highest BCUT2D eigenvalue weighted by Gasteiger charge is 2.08. The Hall–Kier alpha value is -1.00. The number of benzene rings is 1. The average molecular weight is 214 g/mol. The summed E-state index contributed by atoms with van der Waals surface area (Å²) in [5.41, 5.74) is 11.6. The van der Waals surface area contributed by atoms with Crippen LogP contribution in [0.4, 0.5) is 8.78 Å². The molecular weight excluding hydrogens is 198 g/mol. The topological polar surface area (TPSA) is 52.0 Å². The van der Waals surface area contributed by atoms with E-state index in [0.29, 0.717) is 18.5 Å². The molecule has 15 heavy (non-hydrogen) atoms. The monoisotopic (exact) mass is 214 g/mol. The van der Waals surface area contributed by atoms with E-state index in [1.165, 1.54) is 12.1 Å². The maximum atomic E-state index is 12.9. The summed E-state index contributed by atoms with van der Waals surface area (Å²) in [6.07, 6.45) is 2.45. The van der Waals surface area contributed by atoms with Gasteiger partial charge in [-0.25, -0.2) is 8.78 Å². The van der Waals surface area contributed by atoms with Crippen LogP contribution in [0.5, 0.6) is 0 Å². The zero-order valence-corrected chi connectivity index (χ0v) is 8.55. The van der Waals surface area contributed by atoms with Crippen LogP contribution in [0, 0.1) is 11.6 Å². The van der Waals surface area contributed by atoms with E-state index in [4.69, 9.17) is 11.5 Å². The fraction of sp³-hybridized carbons (Fsp3) is 0.455. The van der Waals surface area contributed by atoms with Crippen molar-refractivity contribution in [3.05, 3.63) is 35.4 Å². The Morgan fingerprint density at radius 1 is 1.07 bits per heavy atom. The lowest BCUT2D eigenvalue weighted by Gasteiger charge is -2.11. The molecule has 0 aromatic heterocycles. The second-order valence-corrected chi connectivity index (χ2v) is 3.59. The zero-order chi connectivity index (χ0) is 11.3. The van der Waals surface area contributed by atoms with E-state index < -0.39 is 11.6 Å². The van der Waals surface area contributed by atoms with Crippen molar-refractivity contribution in [2.24, 2.45) is 11.5 Å². The van der Waals surface area contributed by atoms with Crippen molar-refractivity contribution in [1.29, 1.82) is 0 Å². The van der Waals surface area contributed by atoms with Crippen LogP contribution in [0.2, 0.25) is 0 Å². The van der Waals surface area contributed by atoms with Gasteiger partial charge in [-0.15, -0.1) is 0 Å². The third-order valence-corrected chi connectivity index (χ3v) is 2.28. The van der Waals surface area contributed by atoms with Crippen molar-refractivity contribution in [2.45, 2.75) is 25.3 Å². The molecule has 0 aliphatic rings. The molecule has 0 aliphatic carbocycles. The molecule has 0 radical (unpaired) electrons. The Morgan fingerprint density at radius 2 is 1.67 bits per heavy atom. The molecule has 0 unspecified atom stereocenters. The highest BCUT2D eigenvalue weighted by atomic mass is 19.1. The Kier molecular flexibility index (Phi) is 4.65. The first kappa shape index (κ1) is 12.1. The van der Waals surface area contributed by atoms with Crippen molar-refractivity contribution in [3.8, 4) is 0 Å². The first-order valence-electron chi connectivity index (χ1n) is 5.05. The molecule has 1 atom stereocenters. The number of unbranched alkanes of at least 4 members (excludes halogenated alkanes) is 1. The van der Waals surface area contributed by atoms with E-state index in [2.05, 4.69) is 0 Å². The second kappa shape index (κ2) is 5.78. The average Bonchev–Trinajstić information content (AvgIpc) is 2.16. The highest BCUT2D eigenvalue weighted by molar-refractivity contribution is 5.20. The van der Waals surface area contributed by atoms with Gasteiger partial charge in [0, 0.05) is 12.1 Å². The van der Waals surface area contributed by atoms with E-state index in [9.17, 15) is 8.78 Å². The van der Waals surface area contributed by atoms with E-state index in [1.807, 2.05) is 0 Å². The smallest absolute Gasteiger partial charge is 0.126 e. The fourth-order valence-electron chi connectivity index (χ4n) is 1.46. The minimum Gasteiger partial charge on any atom is -0.330 e. The molecule has 0 amide bonds. The van der Waals surface area contributed by atoms with Crippen molar-refractivity contribution < 1.29 is 8.78 Å². The molecule has 0 aliphatic heterocycles. The number of halogens is 2. The fourth-order valence-corrected chi connectivity index (χ4v) is 1.46. The summed E-state index contributed by atoms with van der Waals surface area (Å²) in [6, 6.07) is 3.07. The molecule has 1 rings (SSSR count). The SMILES string of the molecule is NCCCC[C@@H](N)c1cc(F)cc(F)c1. The van der Waals surface area contributed by atoms with Crippen molar-refractivity contribution in [3.63, 3.8) is 0 Å². The minimum absolute atomic E-state index is 0.318. The molecule has 0 saturated heterocycles. The lowest BCUT2D eigenvalue weighted by molar-refractivity contribution is 0.556. The molecule has 2 nitrogen and oxygen atoms in total. The molecule has 84 valence electrons. The van der Waals surface area contributed by atoms with Crippen LogP contribution in [0.25, 0.3) is 0 Å². The second-order valence-electron chi connectivity index (χ2n) is 3.59. The first-order valence-corrected chi connectivity index (χ1v) is 5.05. The first-order chi connectivity index (χ1) is 7.13. The normalized spacial score (nSPS) is 12.8. The van der Waals surface area contributed by atoms with E-state index in [0.717, 1.165) is 18.9 Å². The Balaban J connectivity index is 2.60. The quantitative estimate of drug-likeness (QED) is 0.737. The zero-order valence-electron chi connectivity index (χ0n) is 8.55. The summed E-state index contributed by atoms with van der Waals surface area (Å²) >= 11 is 0. The number of rotatable bonds is 5. The van der Waals surface area contributed by atoms with Crippen molar-refractivity contribution in [2.75, 3.05) is 6.54 Å². The van der Waals surface area contributed by atoms with Gasteiger partial charge in [0.25, 0.3) is 0 Å². The Bertz CT molecular complexity index is 295. The molecular formula is C11H16F2N2. The maximum absolute atomic E-state index is 12.9. The minimum atomic E-state index is -0.584. The lowest BCUT2D eigenvalue weighted by Crippen LogP contribution is -2.11. The van der Waals surface area contributed by atoms with Crippen LogP contribution >= 0.6 is 0 Å². The third kappa shape index (κ3) is 3.93. The van der Waals surface area contributed by atoms with Gasteiger partial charge < -0.3 is 11.5 Å². The van der Waals surface area contributed by atoms with Crippen LogP contribution in [0.15, 0.2) is 18.2 Å².